The molecule has 1 aromatic carbocycles. The van der Waals surface area contributed by atoms with Crippen LogP contribution in [0.5, 0.6) is 5.75 Å². The summed E-state index contributed by atoms with van der Waals surface area (Å²) in [5.41, 5.74) is 1.09. The van der Waals surface area contributed by atoms with E-state index in [0.29, 0.717) is 0 Å². The van der Waals surface area contributed by atoms with Crippen LogP contribution in [0.4, 0.5) is 0 Å². The topological polar surface area (TPSA) is 30.5 Å². The molecule has 0 aliphatic rings. The van der Waals surface area contributed by atoms with Crippen molar-refractivity contribution >= 4 is 15.9 Å². The van der Waals surface area contributed by atoms with E-state index in [0.717, 1.165) is 23.1 Å². The van der Waals surface area contributed by atoms with Gasteiger partial charge < -0.3 is 14.8 Å². The van der Waals surface area contributed by atoms with E-state index >= 15 is 0 Å². The van der Waals surface area contributed by atoms with Gasteiger partial charge in [0.25, 0.3) is 0 Å². The molecule has 0 aliphatic carbocycles. The number of hydrogen-bond acceptors (Lipinski definition) is 3. The Morgan fingerprint density at radius 3 is 2.47 bits per heavy atom. The van der Waals surface area contributed by atoms with Crippen LogP contribution >= 0.6 is 15.9 Å². The summed E-state index contributed by atoms with van der Waals surface area (Å²) in [7, 11) is 5.43. The van der Waals surface area contributed by atoms with Crippen LogP contribution in [0.15, 0.2) is 22.7 Å². The minimum Gasteiger partial charge on any atom is -0.496 e. The Labute approximate surface area is 124 Å². The zero-order valence-electron chi connectivity index (χ0n) is 12.4. The summed E-state index contributed by atoms with van der Waals surface area (Å²) in [6.07, 6.45) is 1.88. The number of hydrogen-bond donors (Lipinski definition) is 1. The molecule has 3 nitrogen and oxygen atoms in total. The third kappa shape index (κ3) is 3.94. The lowest BCUT2D eigenvalue weighted by Crippen LogP contribution is -2.49. The maximum Gasteiger partial charge on any atom is 0.133 e. The minimum atomic E-state index is -0.166. The molecule has 4 heteroatoms. The molecule has 19 heavy (non-hydrogen) atoms. The molecule has 2 atom stereocenters. The predicted octanol–water partition coefficient (Wildman–Crippen LogP) is 3.40. The smallest absolute Gasteiger partial charge is 0.133 e. The first-order chi connectivity index (χ1) is 9.00. The van der Waals surface area contributed by atoms with Crippen molar-refractivity contribution in [2.75, 3.05) is 21.3 Å². The zero-order chi connectivity index (χ0) is 14.5. The van der Waals surface area contributed by atoms with E-state index in [4.69, 9.17) is 9.47 Å². The molecule has 0 spiro atoms. The maximum atomic E-state index is 5.69. The van der Waals surface area contributed by atoms with Crippen LogP contribution < -0.4 is 10.1 Å². The Balaban J connectivity index is 2.90. The number of rotatable bonds is 7. The quantitative estimate of drug-likeness (QED) is 0.831. The monoisotopic (exact) mass is 329 g/mol. The second-order valence-corrected chi connectivity index (χ2v) is 5.74. The molecule has 0 amide bonds. The molecule has 1 aromatic rings. The summed E-state index contributed by atoms with van der Waals surface area (Å²) in [6, 6.07) is 6.46. The summed E-state index contributed by atoms with van der Waals surface area (Å²) < 4.78 is 11.9. The fourth-order valence-electron chi connectivity index (χ4n) is 2.23. The first kappa shape index (κ1) is 16.5. The number of halogens is 1. The summed E-state index contributed by atoms with van der Waals surface area (Å²) in [5.74, 6) is 0.856. The molecule has 0 bridgehead atoms. The van der Waals surface area contributed by atoms with Crippen LogP contribution in [0.2, 0.25) is 0 Å². The lowest BCUT2D eigenvalue weighted by molar-refractivity contribution is -0.0268. The molecule has 0 aromatic heterocycles. The van der Waals surface area contributed by atoms with Crippen molar-refractivity contribution in [2.24, 2.45) is 0 Å². The Hall–Kier alpha value is -0.580. The van der Waals surface area contributed by atoms with E-state index in [9.17, 15) is 0 Å². The lowest BCUT2D eigenvalue weighted by atomic mass is 9.88. The molecule has 0 radical (unpaired) electrons. The van der Waals surface area contributed by atoms with E-state index in [-0.39, 0.29) is 11.6 Å². The van der Waals surface area contributed by atoms with Gasteiger partial charge in [-0.25, -0.2) is 0 Å². The number of nitrogens with one attached hydrogen (secondary N) is 1. The van der Waals surface area contributed by atoms with Gasteiger partial charge in [-0.1, -0.05) is 13.0 Å². The van der Waals surface area contributed by atoms with Crippen molar-refractivity contribution in [2.45, 2.75) is 38.3 Å². The minimum absolute atomic E-state index is 0.166. The van der Waals surface area contributed by atoms with Crippen molar-refractivity contribution < 1.29 is 9.47 Å². The average Bonchev–Trinajstić information content (AvgIpc) is 2.44. The lowest BCUT2D eigenvalue weighted by Gasteiger charge is -2.35. The van der Waals surface area contributed by atoms with Crippen molar-refractivity contribution in [3.63, 3.8) is 0 Å². The molecule has 0 saturated carbocycles. The van der Waals surface area contributed by atoms with Crippen molar-refractivity contribution in [3.05, 3.63) is 28.2 Å². The molecule has 2 unspecified atom stereocenters. The predicted molar refractivity (Wildman–Crippen MR) is 83.0 cm³/mol. The summed E-state index contributed by atoms with van der Waals surface area (Å²) in [4.78, 5) is 0. The van der Waals surface area contributed by atoms with Gasteiger partial charge in [-0.3, -0.25) is 0 Å². The van der Waals surface area contributed by atoms with Gasteiger partial charge in [0.1, 0.15) is 5.75 Å². The van der Waals surface area contributed by atoms with Gasteiger partial charge in [0.15, 0.2) is 0 Å². The molecule has 0 heterocycles. The average molecular weight is 330 g/mol. The highest BCUT2D eigenvalue weighted by Gasteiger charge is 2.31. The largest absolute Gasteiger partial charge is 0.496 e. The van der Waals surface area contributed by atoms with E-state index in [1.807, 2.05) is 13.1 Å². The first-order valence-electron chi connectivity index (χ1n) is 6.55. The second kappa shape index (κ2) is 7.27. The van der Waals surface area contributed by atoms with Crippen LogP contribution in [-0.2, 0) is 11.2 Å². The molecule has 0 fully saturated rings. The molecular formula is C15H24BrNO2. The van der Waals surface area contributed by atoms with Gasteiger partial charge in [0.2, 0.25) is 0 Å². The number of ether oxygens (including phenoxy) is 2. The normalized spacial score (nSPS) is 15.9. The zero-order valence-corrected chi connectivity index (χ0v) is 14.0. The summed E-state index contributed by atoms with van der Waals surface area (Å²) >= 11 is 3.53. The highest BCUT2D eigenvalue weighted by Crippen LogP contribution is 2.28. The van der Waals surface area contributed by atoms with E-state index < -0.39 is 0 Å². The van der Waals surface area contributed by atoms with Gasteiger partial charge in [0.05, 0.1) is 17.2 Å². The number of methoxy groups -OCH3 is 2. The molecular weight excluding hydrogens is 306 g/mol. The highest BCUT2D eigenvalue weighted by molar-refractivity contribution is 9.10. The van der Waals surface area contributed by atoms with Gasteiger partial charge in [-0.15, -0.1) is 0 Å². The highest BCUT2D eigenvalue weighted by atomic mass is 79.9. The van der Waals surface area contributed by atoms with Crippen LogP contribution in [0.3, 0.4) is 0 Å². The van der Waals surface area contributed by atoms with Gasteiger partial charge in [-0.05, 0) is 60.4 Å². The third-order valence-corrected chi connectivity index (χ3v) is 4.53. The molecule has 0 saturated heterocycles. The van der Waals surface area contributed by atoms with Gasteiger partial charge in [-0.2, -0.15) is 0 Å². The van der Waals surface area contributed by atoms with Crippen molar-refractivity contribution in [1.82, 2.24) is 5.32 Å². The molecule has 108 valence electrons. The molecule has 1 rings (SSSR count). The van der Waals surface area contributed by atoms with Crippen LogP contribution in [0.1, 0.15) is 25.8 Å². The van der Waals surface area contributed by atoms with Crippen LogP contribution in [-0.4, -0.2) is 32.9 Å². The Kier molecular flexibility index (Phi) is 6.30. The fraction of sp³-hybridized carbons (Fsp3) is 0.600. The standard InChI is InChI=1S/C15H24BrNO2/c1-6-15(2,19-5)14(17-3)10-11-7-8-13(18-4)12(16)9-11/h7-9,14,17H,6,10H2,1-5H3. The van der Waals surface area contributed by atoms with E-state index in [2.05, 4.69) is 47.2 Å². The van der Waals surface area contributed by atoms with Crippen molar-refractivity contribution in [1.29, 1.82) is 0 Å². The SMILES string of the molecule is CCC(C)(OC)C(Cc1ccc(OC)c(Br)c1)NC. The summed E-state index contributed by atoms with van der Waals surface area (Å²) in [5, 5.41) is 3.37. The van der Waals surface area contributed by atoms with E-state index in [1.54, 1.807) is 14.2 Å². The van der Waals surface area contributed by atoms with Gasteiger partial charge >= 0.3 is 0 Å². The number of benzene rings is 1. The van der Waals surface area contributed by atoms with E-state index in [1.165, 1.54) is 5.56 Å². The van der Waals surface area contributed by atoms with Crippen molar-refractivity contribution in [3.8, 4) is 5.75 Å². The van der Waals surface area contributed by atoms with Gasteiger partial charge in [0, 0.05) is 13.2 Å². The fourth-order valence-corrected chi connectivity index (χ4v) is 2.82. The first-order valence-corrected chi connectivity index (χ1v) is 7.34. The van der Waals surface area contributed by atoms with Crippen LogP contribution in [0, 0.1) is 0 Å². The Bertz CT molecular complexity index is 405. The number of likely N-dealkylation sites (N-methyl/N-ethyl adjacent to an activating group) is 1. The summed E-state index contributed by atoms with van der Waals surface area (Å²) in [6.45, 7) is 4.30. The second-order valence-electron chi connectivity index (χ2n) is 4.88. The Morgan fingerprint density at radius 2 is 2.05 bits per heavy atom. The molecule has 1 N–H and O–H groups in total. The van der Waals surface area contributed by atoms with Crippen LogP contribution in [0.25, 0.3) is 0 Å². The maximum absolute atomic E-state index is 5.69. The Morgan fingerprint density at radius 1 is 1.37 bits per heavy atom. The molecule has 0 aliphatic heterocycles. The third-order valence-electron chi connectivity index (χ3n) is 3.91.